The van der Waals surface area contributed by atoms with Gasteiger partial charge in [0.05, 0.1) is 5.56 Å². The van der Waals surface area contributed by atoms with E-state index in [9.17, 15) is 23.2 Å². The molecule has 3 amide bonds. The number of nitrogens with zero attached hydrogens (tertiary/aromatic N) is 2. The molecule has 1 aromatic carbocycles. The van der Waals surface area contributed by atoms with E-state index in [0.29, 0.717) is 38.7 Å². The van der Waals surface area contributed by atoms with Crippen molar-refractivity contribution in [3.63, 3.8) is 0 Å². The highest BCUT2D eigenvalue weighted by Crippen LogP contribution is 2.09. The first-order chi connectivity index (χ1) is 11.9. The molecule has 1 aliphatic rings. The normalized spacial score (nSPS) is 14.4. The van der Waals surface area contributed by atoms with Crippen molar-refractivity contribution >= 4 is 17.7 Å². The average Bonchev–Trinajstić information content (AvgIpc) is 2.58. The SMILES string of the molecule is CC(=O)N1CCN(C(=O)CCCNC(=O)c2ccc(F)cc2F)CC1. The second kappa shape index (κ2) is 8.55. The number of amides is 3. The molecule has 0 radical (unpaired) electrons. The second-order valence-corrected chi connectivity index (χ2v) is 5.87. The van der Waals surface area contributed by atoms with Crippen molar-refractivity contribution < 1.29 is 23.2 Å². The Morgan fingerprint density at radius 2 is 1.72 bits per heavy atom. The maximum absolute atomic E-state index is 13.5. The van der Waals surface area contributed by atoms with Crippen LogP contribution in [0.5, 0.6) is 0 Å². The van der Waals surface area contributed by atoms with Crippen LogP contribution >= 0.6 is 0 Å². The van der Waals surface area contributed by atoms with Gasteiger partial charge in [0, 0.05) is 52.1 Å². The summed E-state index contributed by atoms with van der Waals surface area (Å²) in [4.78, 5) is 38.5. The van der Waals surface area contributed by atoms with Gasteiger partial charge < -0.3 is 15.1 Å². The molecule has 136 valence electrons. The molecule has 0 atom stereocenters. The molecular weight excluding hydrogens is 332 g/mol. The van der Waals surface area contributed by atoms with Crippen molar-refractivity contribution in [2.45, 2.75) is 19.8 Å². The summed E-state index contributed by atoms with van der Waals surface area (Å²) in [5.74, 6) is -2.34. The fraction of sp³-hybridized carbons (Fsp3) is 0.471. The first-order valence-corrected chi connectivity index (χ1v) is 8.15. The third-order valence-corrected chi connectivity index (χ3v) is 4.11. The van der Waals surface area contributed by atoms with Crippen molar-refractivity contribution in [2.24, 2.45) is 0 Å². The molecule has 0 aromatic heterocycles. The summed E-state index contributed by atoms with van der Waals surface area (Å²) < 4.78 is 26.3. The van der Waals surface area contributed by atoms with E-state index in [1.54, 1.807) is 9.80 Å². The predicted molar refractivity (Wildman–Crippen MR) is 86.8 cm³/mol. The van der Waals surface area contributed by atoms with Crippen LogP contribution in [0.4, 0.5) is 8.78 Å². The highest BCUT2D eigenvalue weighted by atomic mass is 19.1. The zero-order valence-corrected chi connectivity index (χ0v) is 14.1. The molecule has 0 unspecified atom stereocenters. The van der Waals surface area contributed by atoms with E-state index >= 15 is 0 Å². The molecule has 25 heavy (non-hydrogen) atoms. The van der Waals surface area contributed by atoms with Crippen molar-refractivity contribution in [2.75, 3.05) is 32.7 Å². The summed E-state index contributed by atoms with van der Waals surface area (Å²) in [5.41, 5.74) is -0.229. The highest BCUT2D eigenvalue weighted by molar-refractivity contribution is 5.94. The van der Waals surface area contributed by atoms with Crippen LogP contribution in [0.25, 0.3) is 0 Å². The van der Waals surface area contributed by atoms with Crippen LogP contribution in [-0.2, 0) is 9.59 Å². The monoisotopic (exact) mass is 353 g/mol. The lowest BCUT2D eigenvalue weighted by molar-refractivity contribution is -0.138. The molecule has 8 heteroatoms. The number of hydrogen-bond acceptors (Lipinski definition) is 3. The fourth-order valence-electron chi connectivity index (χ4n) is 2.64. The van der Waals surface area contributed by atoms with Gasteiger partial charge in [-0.1, -0.05) is 0 Å². The first kappa shape index (κ1) is 18.8. The summed E-state index contributed by atoms with van der Waals surface area (Å²) in [6, 6.07) is 2.75. The average molecular weight is 353 g/mol. The third-order valence-electron chi connectivity index (χ3n) is 4.11. The number of piperazine rings is 1. The van der Waals surface area contributed by atoms with Gasteiger partial charge in [-0.25, -0.2) is 8.78 Å². The van der Waals surface area contributed by atoms with E-state index in [1.165, 1.54) is 6.92 Å². The van der Waals surface area contributed by atoms with Gasteiger partial charge >= 0.3 is 0 Å². The summed E-state index contributed by atoms with van der Waals surface area (Å²) in [6.45, 7) is 3.79. The van der Waals surface area contributed by atoms with E-state index in [4.69, 9.17) is 0 Å². The van der Waals surface area contributed by atoms with E-state index in [-0.39, 0.29) is 30.3 Å². The Bertz CT molecular complexity index is 659. The van der Waals surface area contributed by atoms with Gasteiger partial charge in [-0.3, -0.25) is 14.4 Å². The maximum atomic E-state index is 13.5. The lowest BCUT2D eigenvalue weighted by Crippen LogP contribution is -2.50. The van der Waals surface area contributed by atoms with Crippen molar-refractivity contribution in [1.82, 2.24) is 15.1 Å². The molecule has 0 aliphatic carbocycles. The van der Waals surface area contributed by atoms with Gasteiger partial charge in [-0.05, 0) is 18.6 Å². The Labute approximate surface area is 144 Å². The van der Waals surface area contributed by atoms with Crippen LogP contribution in [0.15, 0.2) is 18.2 Å². The minimum atomic E-state index is -0.920. The van der Waals surface area contributed by atoms with Crippen LogP contribution in [0, 0.1) is 11.6 Å². The topological polar surface area (TPSA) is 69.7 Å². The molecule has 1 heterocycles. The fourth-order valence-corrected chi connectivity index (χ4v) is 2.64. The third kappa shape index (κ3) is 5.23. The molecule has 0 spiro atoms. The van der Waals surface area contributed by atoms with E-state index in [2.05, 4.69) is 5.32 Å². The second-order valence-electron chi connectivity index (χ2n) is 5.87. The maximum Gasteiger partial charge on any atom is 0.254 e. The smallest absolute Gasteiger partial charge is 0.254 e. The number of rotatable bonds is 5. The lowest BCUT2D eigenvalue weighted by atomic mass is 10.2. The van der Waals surface area contributed by atoms with Gasteiger partial charge in [0.2, 0.25) is 11.8 Å². The summed E-state index contributed by atoms with van der Waals surface area (Å²) in [5, 5.41) is 2.51. The van der Waals surface area contributed by atoms with E-state index in [0.717, 1.165) is 12.1 Å². The predicted octanol–water partition coefficient (Wildman–Crippen LogP) is 1.17. The largest absolute Gasteiger partial charge is 0.352 e. The van der Waals surface area contributed by atoms with Crippen molar-refractivity contribution in [3.05, 3.63) is 35.4 Å². The standard InChI is InChI=1S/C17H21F2N3O3/c1-12(23)21-7-9-22(10-8-21)16(24)3-2-6-20-17(25)14-5-4-13(18)11-15(14)19/h4-5,11H,2-3,6-10H2,1H3,(H,20,25). The molecule has 0 saturated carbocycles. The molecule has 1 saturated heterocycles. The molecule has 1 aliphatic heterocycles. The van der Waals surface area contributed by atoms with Crippen LogP contribution in [-0.4, -0.2) is 60.2 Å². The number of nitrogens with one attached hydrogen (secondary N) is 1. The summed E-state index contributed by atoms with van der Waals surface area (Å²) in [7, 11) is 0. The van der Waals surface area contributed by atoms with Crippen LogP contribution in [0.1, 0.15) is 30.1 Å². The Hall–Kier alpha value is -2.51. The highest BCUT2D eigenvalue weighted by Gasteiger charge is 2.21. The van der Waals surface area contributed by atoms with Gasteiger partial charge in [-0.15, -0.1) is 0 Å². The van der Waals surface area contributed by atoms with Crippen LogP contribution in [0.2, 0.25) is 0 Å². The lowest BCUT2D eigenvalue weighted by Gasteiger charge is -2.34. The van der Waals surface area contributed by atoms with Gasteiger partial charge in [0.1, 0.15) is 11.6 Å². The Morgan fingerprint density at radius 1 is 1.08 bits per heavy atom. The number of halogens is 2. The Kier molecular flexibility index (Phi) is 6.44. The number of hydrogen-bond donors (Lipinski definition) is 1. The van der Waals surface area contributed by atoms with Crippen LogP contribution in [0.3, 0.4) is 0 Å². The molecule has 1 aromatic rings. The van der Waals surface area contributed by atoms with Gasteiger partial charge in [-0.2, -0.15) is 0 Å². The molecular formula is C17H21F2N3O3. The zero-order chi connectivity index (χ0) is 18.4. The minimum absolute atomic E-state index is 0.00263. The van der Waals surface area contributed by atoms with Crippen molar-refractivity contribution in [3.8, 4) is 0 Å². The number of carbonyl (C=O) groups excluding carboxylic acids is 3. The number of carbonyl (C=O) groups is 3. The van der Waals surface area contributed by atoms with Crippen molar-refractivity contribution in [1.29, 1.82) is 0 Å². The van der Waals surface area contributed by atoms with Gasteiger partial charge in [0.25, 0.3) is 5.91 Å². The number of benzene rings is 1. The van der Waals surface area contributed by atoms with Gasteiger partial charge in [0.15, 0.2) is 0 Å². The van der Waals surface area contributed by atoms with E-state index < -0.39 is 17.5 Å². The molecule has 1 N–H and O–H groups in total. The summed E-state index contributed by atoms with van der Waals surface area (Å²) in [6.07, 6.45) is 0.673. The van der Waals surface area contributed by atoms with E-state index in [1.807, 2.05) is 0 Å². The minimum Gasteiger partial charge on any atom is -0.352 e. The molecule has 2 rings (SSSR count). The molecule has 6 nitrogen and oxygen atoms in total. The Balaban J connectivity index is 1.69. The Morgan fingerprint density at radius 3 is 2.32 bits per heavy atom. The first-order valence-electron chi connectivity index (χ1n) is 8.15. The van der Waals surface area contributed by atoms with Crippen LogP contribution < -0.4 is 5.32 Å². The summed E-state index contributed by atoms with van der Waals surface area (Å²) >= 11 is 0. The molecule has 1 fully saturated rings. The zero-order valence-electron chi connectivity index (χ0n) is 14.1. The quantitative estimate of drug-likeness (QED) is 0.808. The molecule has 0 bridgehead atoms.